The van der Waals surface area contributed by atoms with E-state index in [0.29, 0.717) is 11.3 Å². The molecule has 3 nitrogen and oxygen atoms in total. The molecular formula is C30H36O3. The minimum atomic E-state index is -0.344. The van der Waals surface area contributed by atoms with E-state index in [-0.39, 0.29) is 17.0 Å². The van der Waals surface area contributed by atoms with Crippen molar-refractivity contribution in [3.05, 3.63) is 94.5 Å². The first-order valence-electron chi connectivity index (χ1n) is 11.8. The normalized spacial score (nSPS) is 11.8. The number of esters is 1. The fourth-order valence-electron chi connectivity index (χ4n) is 3.86. The van der Waals surface area contributed by atoms with Crippen LogP contribution in [0.5, 0.6) is 11.5 Å². The van der Waals surface area contributed by atoms with Crippen molar-refractivity contribution in [2.24, 2.45) is 0 Å². The SMILES string of the molecule is CCC(C)(CC)Oc1ccc(C(C)(C)c2ccc(OC(=O)c3ccccc3)c(C)c2)cc1C. The lowest BCUT2D eigenvalue weighted by atomic mass is 9.77. The van der Waals surface area contributed by atoms with Crippen molar-refractivity contribution >= 4 is 5.97 Å². The Hall–Kier alpha value is -3.07. The Morgan fingerprint density at radius 3 is 1.76 bits per heavy atom. The van der Waals surface area contributed by atoms with Crippen LogP contribution in [-0.4, -0.2) is 11.6 Å². The summed E-state index contributed by atoms with van der Waals surface area (Å²) in [6, 6.07) is 21.6. The van der Waals surface area contributed by atoms with Gasteiger partial charge >= 0.3 is 5.97 Å². The number of aryl methyl sites for hydroxylation is 2. The van der Waals surface area contributed by atoms with Crippen molar-refractivity contribution in [2.45, 2.75) is 72.3 Å². The van der Waals surface area contributed by atoms with Crippen LogP contribution in [0.4, 0.5) is 0 Å². The summed E-state index contributed by atoms with van der Waals surface area (Å²) >= 11 is 0. The topological polar surface area (TPSA) is 35.5 Å². The molecule has 3 rings (SSSR count). The average molecular weight is 445 g/mol. The molecule has 0 aliphatic rings. The Balaban J connectivity index is 1.83. The Morgan fingerprint density at radius 2 is 1.27 bits per heavy atom. The third kappa shape index (κ3) is 5.47. The number of carbonyl (C=O) groups is 1. The number of rotatable bonds is 8. The zero-order valence-corrected chi connectivity index (χ0v) is 21.0. The van der Waals surface area contributed by atoms with Crippen molar-refractivity contribution in [3.8, 4) is 11.5 Å². The second-order valence-corrected chi connectivity index (χ2v) is 9.60. The van der Waals surface area contributed by atoms with Crippen LogP contribution in [0.25, 0.3) is 0 Å². The van der Waals surface area contributed by atoms with Gasteiger partial charge in [0.2, 0.25) is 0 Å². The van der Waals surface area contributed by atoms with Crippen LogP contribution in [0.2, 0.25) is 0 Å². The molecule has 0 saturated heterocycles. The first-order valence-corrected chi connectivity index (χ1v) is 11.8. The van der Waals surface area contributed by atoms with E-state index < -0.39 is 0 Å². The van der Waals surface area contributed by atoms with Gasteiger partial charge in [0.25, 0.3) is 0 Å². The van der Waals surface area contributed by atoms with Gasteiger partial charge in [0.05, 0.1) is 5.56 Å². The third-order valence-electron chi connectivity index (χ3n) is 6.86. The molecule has 3 aromatic carbocycles. The van der Waals surface area contributed by atoms with E-state index in [1.807, 2.05) is 37.3 Å². The van der Waals surface area contributed by atoms with E-state index >= 15 is 0 Å². The van der Waals surface area contributed by atoms with Crippen molar-refractivity contribution in [3.63, 3.8) is 0 Å². The maximum absolute atomic E-state index is 12.4. The minimum absolute atomic E-state index is 0.147. The van der Waals surface area contributed by atoms with Crippen LogP contribution < -0.4 is 9.47 Å². The maximum Gasteiger partial charge on any atom is 0.343 e. The summed E-state index contributed by atoms with van der Waals surface area (Å²) in [5, 5.41) is 0. The number of hydrogen-bond donors (Lipinski definition) is 0. The fraction of sp³-hybridized carbons (Fsp3) is 0.367. The minimum Gasteiger partial charge on any atom is -0.487 e. The van der Waals surface area contributed by atoms with Crippen LogP contribution in [0.3, 0.4) is 0 Å². The van der Waals surface area contributed by atoms with E-state index in [4.69, 9.17) is 9.47 Å². The average Bonchev–Trinajstić information content (AvgIpc) is 2.81. The Labute approximate surface area is 198 Å². The summed E-state index contributed by atoms with van der Waals surface area (Å²) in [7, 11) is 0. The summed E-state index contributed by atoms with van der Waals surface area (Å²) in [6.45, 7) is 15.0. The molecule has 3 heteroatoms. The quantitative estimate of drug-likeness (QED) is 0.262. The zero-order chi connectivity index (χ0) is 24.2. The molecule has 0 heterocycles. The van der Waals surface area contributed by atoms with E-state index in [1.165, 1.54) is 11.1 Å². The van der Waals surface area contributed by atoms with Gasteiger partial charge in [0.1, 0.15) is 17.1 Å². The van der Waals surface area contributed by atoms with Gasteiger partial charge in [0.15, 0.2) is 0 Å². The van der Waals surface area contributed by atoms with Crippen molar-refractivity contribution in [1.82, 2.24) is 0 Å². The maximum atomic E-state index is 12.4. The molecule has 0 amide bonds. The number of benzene rings is 3. The van der Waals surface area contributed by atoms with E-state index in [2.05, 4.69) is 65.8 Å². The van der Waals surface area contributed by atoms with Crippen molar-refractivity contribution in [1.29, 1.82) is 0 Å². The summed E-state index contributed by atoms with van der Waals surface area (Å²) in [4.78, 5) is 12.4. The summed E-state index contributed by atoms with van der Waals surface area (Å²) in [6.07, 6.45) is 1.94. The zero-order valence-electron chi connectivity index (χ0n) is 21.0. The highest BCUT2D eigenvalue weighted by molar-refractivity contribution is 5.91. The molecule has 0 N–H and O–H groups in total. The predicted molar refractivity (Wildman–Crippen MR) is 136 cm³/mol. The summed E-state index contributed by atoms with van der Waals surface area (Å²) < 4.78 is 12.0. The molecule has 0 unspecified atom stereocenters. The van der Waals surface area contributed by atoms with Gasteiger partial charge in [-0.05, 0) is 80.1 Å². The lowest BCUT2D eigenvalue weighted by molar-refractivity contribution is 0.0733. The molecule has 0 radical (unpaired) electrons. The third-order valence-corrected chi connectivity index (χ3v) is 6.86. The van der Waals surface area contributed by atoms with Crippen LogP contribution in [0, 0.1) is 13.8 Å². The highest BCUT2D eigenvalue weighted by atomic mass is 16.5. The van der Waals surface area contributed by atoms with Crippen molar-refractivity contribution < 1.29 is 14.3 Å². The largest absolute Gasteiger partial charge is 0.487 e. The molecular weight excluding hydrogens is 408 g/mol. The fourth-order valence-corrected chi connectivity index (χ4v) is 3.86. The number of hydrogen-bond acceptors (Lipinski definition) is 3. The van der Waals surface area contributed by atoms with E-state index in [9.17, 15) is 4.79 Å². The van der Waals surface area contributed by atoms with Gasteiger partial charge in [0, 0.05) is 5.41 Å². The molecule has 0 spiro atoms. The first kappa shape index (κ1) is 24.6. The van der Waals surface area contributed by atoms with Gasteiger partial charge in [-0.3, -0.25) is 0 Å². The number of ether oxygens (including phenoxy) is 2. The predicted octanol–water partition coefficient (Wildman–Crippen LogP) is 7.81. The molecule has 3 aromatic rings. The van der Waals surface area contributed by atoms with E-state index in [1.54, 1.807) is 12.1 Å². The van der Waals surface area contributed by atoms with Gasteiger partial charge < -0.3 is 9.47 Å². The summed E-state index contributed by atoms with van der Waals surface area (Å²) in [5.41, 5.74) is 4.64. The smallest absolute Gasteiger partial charge is 0.343 e. The van der Waals surface area contributed by atoms with Crippen molar-refractivity contribution in [2.75, 3.05) is 0 Å². The molecule has 0 aromatic heterocycles. The summed E-state index contributed by atoms with van der Waals surface area (Å²) in [5.74, 6) is 1.19. The number of carbonyl (C=O) groups excluding carboxylic acids is 1. The Morgan fingerprint density at radius 1 is 0.758 bits per heavy atom. The second kappa shape index (κ2) is 9.82. The molecule has 0 fully saturated rings. The van der Waals surface area contributed by atoms with Crippen LogP contribution in [0.1, 0.15) is 80.1 Å². The molecule has 0 aliphatic heterocycles. The lowest BCUT2D eigenvalue weighted by Crippen LogP contribution is -2.30. The van der Waals surface area contributed by atoms with Crippen LogP contribution in [0.15, 0.2) is 66.7 Å². The molecule has 33 heavy (non-hydrogen) atoms. The second-order valence-electron chi connectivity index (χ2n) is 9.60. The molecule has 0 saturated carbocycles. The highest BCUT2D eigenvalue weighted by Gasteiger charge is 2.26. The standard InChI is InChI=1S/C30H36O3/c1-8-30(7,9-2)33-27-18-16-25(20-22(27)4)29(5,6)24-15-17-26(21(3)19-24)32-28(31)23-13-11-10-12-14-23/h10-20H,8-9H2,1-7H3. The van der Waals surface area contributed by atoms with Gasteiger partial charge in [-0.2, -0.15) is 0 Å². The van der Waals surface area contributed by atoms with Gasteiger partial charge in [-0.1, -0.05) is 70.2 Å². The Bertz CT molecular complexity index is 1110. The van der Waals surface area contributed by atoms with E-state index in [0.717, 1.165) is 29.7 Å². The van der Waals surface area contributed by atoms with Crippen LogP contribution >= 0.6 is 0 Å². The Kier molecular flexibility index (Phi) is 7.31. The molecule has 0 atom stereocenters. The molecule has 0 bridgehead atoms. The van der Waals surface area contributed by atoms with Gasteiger partial charge in [-0.25, -0.2) is 4.79 Å². The molecule has 0 aliphatic carbocycles. The highest BCUT2D eigenvalue weighted by Crippen LogP contribution is 2.37. The first-order chi connectivity index (χ1) is 15.6. The monoisotopic (exact) mass is 444 g/mol. The van der Waals surface area contributed by atoms with Gasteiger partial charge in [-0.15, -0.1) is 0 Å². The van der Waals surface area contributed by atoms with Crippen LogP contribution in [-0.2, 0) is 5.41 Å². The molecule has 174 valence electrons. The lowest BCUT2D eigenvalue weighted by Gasteiger charge is -2.31.